The summed E-state index contributed by atoms with van der Waals surface area (Å²) < 4.78 is 1.64. The zero-order valence-corrected chi connectivity index (χ0v) is 15.9. The van der Waals surface area contributed by atoms with Gasteiger partial charge in [-0.1, -0.05) is 6.92 Å². The average molecular weight is 383 g/mol. The highest BCUT2D eigenvalue weighted by molar-refractivity contribution is 7.13. The molecule has 0 aromatic carbocycles. The number of thiazole rings is 1. The second-order valence-electron chi connectivity index (χ2n) is 6.46. The number of piperidine rings is 1. The smallest absolute Gasteiger partial charge is 0.270 e. The molecule has 0 radical (unpaired) electrons. The summed E-state index contributed by atoms with van der Waals surface area (Å²) in [6, 6.07) is 0.227. The third kappa shape index (κ3) is 4.04. The first-order chi connectivity index (χ1) is 13.2. The van der Waals surface area contributed by atoms with Crippen LogP contribution in [0.1, 0.15) is 30.3 Å². The maximum atomic E-state index is 12.5. The van der Waals surface area contributed by atoms with Crippen molar-refractivity contribution in [2.24, 2.45) is 0 Å². The zero-order chi connectivity index (χ0) is 18.6. The standard InChI is InChI=1S/C18H21N7OS/c1-2-24-7-3-14(4-8-24)22-17(26)15-12-27-18(23-15)13-9-21-25(11-13)16-10-19-5-6-20-16/h5-6,9-12,14H,2-4,7-8H2,1H3,(H,22,26). The van der Waals surface area contributed by atoms with Crippen molar-refractivity contribution in [3.05, 3.63) is 42.1 Å². The molecule has 3 aromatic rings. The van der Waals surface area contributed by atoms with Gasteiger partial charge in [0.15, 0.2) is 5.82 Å². The van der Waals surface area contributed by atoms with Gasteiger partial charge in [-0.05, 0) is 19.4 Å². The topological polar surface area (TPSA) is 88.8 Å². The fourth-order valence-corrected chi connectivity index (χ4v) is 3.91. The Morgan fingerprint density at radius 2 is 2.15 bits per heavy atom. The van der Waals surface area contributed by atoms with Crippen LogP contribution in [0.2, 0.25) is 0 Å². The molecule has 1 aliphatic heterocycles. The molecule has 3 aromatic heterocycles. The molecule has 1 N–H and O–H groups in total. The van der Waals surface area contributed by atoms with Gasteiger partial charge >= 0.3 is 0 Å². The second kappa shape index (κ2) is 7.93. The van der Waals surface area contributed by atoms with Gasteiger partial charge in [-0.2, -0.15) is 5.10 Å². The van der Waals surface area contributed by atoms with E-state index in [1.807, 2.05) is 6.20 Å². The third-order valence-electron chi connectivity index (χ3n) is 4.72. The first-order valence-corrected chi connectivity index (χ1v) is 9.91. The summed E-state index contributed by atoms with van der Waals surface area (Å²) in [4.78, 5) is 27.7. The molecule has 4 heterocycles. The zero-order valence-electron chi connectivity index (χ0n) is 15.1. The predicted octanol–water partition coefficient (Wildman–Crippen LogP) is 2.00. The van der Waals surface area contributed by atoms with Crippen molar-refractivity contribution < 1.29 is 4.79 Å². The molecule has 0 aliphatic carbocycles. The van der Waals surface area contributed by atoms with Gasteiger partial charge in [0.05, 0.1) is 12.4 Å². The quantitative estimate of drug-likeness (QED) is 0.725. The van der Waals surface area contributed by atoms with Crippen LogP contribution in [-0.4, -0.2) is 61.2 Å². The molecule has 1 aliphatic rings. The second-order valence-corrected chi connectivity index (χ2v) is 7.32. The van der Waals surface area contributed by atoms with Gasteiger partial charge in [0.25, 0.3) is 5.91 Å². The van der Waals surface area contributed by atoms with Gasteiger partial charge in [0.1, 0.15) is 10.7 Å². The van der Waals surface area contributed by atoms with Gasteiger partial charge < -0.3 is 10.2 Å². The number of nitrogens with zero attached hydrogens (tertiary/aromatic N) is 6. The molecule has 8 nitrogen and oxygen atoms in total. The van der Waals surface area contributed by atoms with Crippen LogP contribution < -0.4 is 5.32 Å². The lowest BCUT2D eigenvalue weighted by Gasteiger charge is -2.31. The number of amides is 1. The highest BCUT2D eigenvalue weighted by atomic mass is 32.1. The summed E-state index contributed by atoms with van der Waals surface area (Å²) in [5.74, 6) is 0.533. The summed E-state index contributed by atoms with van der Waals surface area (Å²) in [6.45, 7) is 5.30. The molecule has 0 unspecified atom stereocenters. The van der Waals surface area contributed by atoms with Gasteiger partial charge in [0.2, 0.25) is 0 Å². The summed E-state index contributed by atoms with van der Waals surface area (Å²) >= 11 is 1.44. The molecule has 0 spiro atoms. The minimum atomic E-state index is -0.103. The van der Waals surface area contributed by atoms with E-state index in [-0.39, 0.29) is 11.9 Å². The minimum Gasteiger partial charge on any atom is -0.348 e. The lowest BCUT2D eigenvalue weighted by atomic mass is 10.1. The molecule has 27 heavy (non-hydrogen) atoms. The van der Waals surface area contributed by atoms with Crippen LogP contribution >= 0.6 is 11.3 Å². The van der Waals surface area contributed by atoms with Crippen molar-refractivity contribution in [2.75, 3.05) is 19.6 Å². The van der Waals surface area contributed by atoms with E-state index in [1.54, 1.807) is 34.8 Å². The Balaban J connectivity index is 1.41. The van der Waals surface area contributed by atoms with Crippen molar-refractivity contribution >= 4 is 17.2 Å². The summed E-state index contributed by atoms with van der Waals surface area (Å²) in [6.07, 6.45) is 10.4. The fourth-order valence-electron chi connectivity index (χ4n) is 3.13. The van der Waals surface area contributed by atoms with Crippen LogP contribution in [0.5, 0.6) is 0 Å². The van der Waals surface area contributed by atoms with Crippen LogP contribution in [0.15, 0.2) is 36.4 Å². The van der Waals surface area contributed by atoms with E-state index in [0.717, 1.165) is 43.0 Å². The van der Waals surface area contributed by atoms with E-state index in [9.17, 15) is 4.79 Å². The molecular weight excluding hydrogens is 362 g/mol. The first kappa shape index (κ1) is 17.7. The first-order valence-electron chi connectivity index (χ1n) is 9.03. The molecule has 140 valence electrons. The van der Waals surface area contributed by atoms with Gasteiger partial charge in [-0.15, -0.1) is 11.3 Å². The van der Waals surface area contributed by atoms with Crippen molar-refractivity contribution in [3.8, 4) is 16.4 Å². The van der Waals surface area contributed by atoms with E-state index < -0.39 is 0 Å². The highest BCUT2D eigenvalue weighted by Crippen LogP contribution is 2.24. The Labute approximate surface area is 161 Å². The van der Waals surface area contributed by atoms with E-state index in [4.69, 9.17) is 0 Å². The number of carbonyl (C=O) groups is 1. The monoisotopic (exact) mass is 383 g/mol. The number of carbonyl (C=O) groups excluding carboxylic acids is 1. The maximum Gasteiger partial charge on any atom is 0.270 e. The van der Waals surface area contributed by atoms with Crippen LogP contribution in [0.4, 0.5) is 0 Å². The van der Waals surface area contributed by atoms with Crippen molar-refractivity contribution in [2.45, 2.75) is 25.8 Å². The number of rotatable bonds is 5. The molecule has 1 saturated heterocycles. The van der Waals surface area contributed by atoms with E-state index in [1.165, 1.54) is 11.3 Å². The highest BCUT2D eigenvalue weighted by Gasteiger charge is 2.21. The Morgan fingerprint density at radius 3 is 2.89 bits per heavy atom. The van der Waals surface area contributed by atoms with Gasteiger partial charge in [-0.3, -0.25) is 9.78 Å². The molecule has 0 atom stereocenters. The van der Waals surface area contributed by atoms with Crippen molar-refractivity contribution in [1.29, 1.82) is 0 Å². The summed E-state index contributed by atoms with van der Waals surface area (Å²) in [5, 5.41) is 9.97. The number of aromatic nitrogens is 5. The normalized spacial score (nSPS) is 15.7. The maximum absolute atomic E-state index is 12.5. The third-order valence-corrected chi connectivity index (χ3v) is 5.61. The van der Waals surface area contributed by atoms with Crippen LogP contribution in [0.25, 0.3) is 16.4 Å². The lowest BCUT2D eigenvalue weighted by Crippen LogP contribution is -2.44. The lowest BCUT2D eigenvalue weighted by molar-refractivity contribution is 0.0908. The Morgan fingerprint density at radius 1 is 1.30 bits per heavy atom. The summed E-state index contributed by atoms with van der Waals surface area (Å²) in [7, 11) is 0. The molecule has 9 heteroatoms. The van der Waals surface area contributed by atoms with Crippen molar-refractivity contribution in [1.82, 2.24) is 34.9 Å². The molecule has 0 bridgehead atoms. The molecular formula is C18H21N7OS. The van der Waals surface area contributed by atoms with E-state index in [0.29, 0.717) is 11.5 Å². The Hall–Kier alpha value is -2.65. The van der Waals surface area contributed by atoms with Crippen LogP contribution in [-0.2, 0) is 0 Å². The van der Waals surface area contributed by atoms with Gasteiger partial charge in [0, 0.05) is 48.7 Å². The molecule has 0 saturated carbocycles. The number of hydrogen-bond acceptors (Lipinski definition) is 7. The molecule has 4 rings (SSSR count). The Kier molecular flexibility index (Phi) is 5.21. The fraction of sp³-hybridized carbons (Fsp3) is 0.389. The SMILES string of the molecule is CCN1CCC(NC(=O)c2csc(-c3cnn(-c4cnccn4)c3)n2)CC1. The number of hydrogen-bond donors (Lipinski definition) is 1. The minimum absolute atomic E-state index is 0.103. The molecule has 1 amide bonds. The molecule has 1 fully saturated rings. The number of likely N-dealkylation sites (tertiary alicyclic amines) is 1. The summed E-state index contributed by atoms with van der Waals surface area (Å²) in [5.41, 5.74) is 1.31. The largest absolute Gasteiger partial charge is 0.348 e. The van der Waals surface area contributed by atoms with Gasteiger partial charge in [-0.25, -0.2) is 14.6 Å². The van der Waals surface area contributed by atoms with E-state index >= 15 is 0 Å². The Bertz CT molecular complexity index is 899. The van der Waals surface area contributed by atoms with Crippen molar-refractivity contribution in [3.63, 3.8) is 0 Å². The van der Waals surface area contributed by atoms with Crippen LogP contribution in [0, 0.1) is 0 Å². The van der Waals surface area contributed by atoms with Crippen LogP contribution in [0.3, 0.4) is 0 Å². The van der Waals surface area contributed by atoms with E-state index in [2.05, 4.69) is 37.2 Å². The number of nitrogens with one attached hydrogen (secondary N) is 1. The predicted molar refractivity (Wildman–Crippen MR) is 103 cm³/mol. The average Bonchev–Trinajstić information content (AvgIpc) is 3.39.